The average Bonchev–Trinajstić information content (AvgIpc) is 2.88. The molecule has 0 aromatic heterocycles. The van der Waals surface area contributed by atoms with Gasteiger partial charge in [0.25, 0.3) is 11.8 Å². The van der Waals surface area contributed by atoms with Crippen LogP contribution in [0.2, 0.25) is 0 Å². The zero-order chi connectivity index (χ0) is 23.6. The first kappa shape index (κ1) is 22.6. The molecular formula is C28H24N2O4. The third-order valence-corrected chi connectivity index (χ3v) is 4.92. The number of anilines is 2. The highest BCUT2D eigenvalue weighted by molar-refractivity contribution is 6.05. The van der Waals surface area contributed by atoms with Crippen molar-refractivity contribution in [2.75, 3.05) is 17.2 Å². The predicted molar refractivity (Wildman–Crippen MR) is 132 cm³/mol. The van der Waals surface area contributed by atoms with Crippen LogP contribution in [0.25, 0.3) is 0 Å². The monoisotopic (exact) mass is 452 g/mol. The molecule has 0 heterocycles. The fourth-order valence-corrected chi connectivity index (χ4v) is 3.27. The van der Waals surface area contributed by atoms with Gasteiger partial charge in [-0.2, -0.15) is 0 Å². The van der Waals surface area contributed by atoms with E-state index >= 15 is 0 Å². The lowest BCUT2D eigenvalue weighted by atomic mass is 10.1. The first-order valence-corrected chi connectivity index (χ1v) is 10.8. The van der Waals surface area contributed by atoms with Gasteiger partial charge >= 0.3 is 0 Å². The highest BCUT2D eigenvalue weighted by Gasteiger charge is 2.12. The van der Waals surface area contributed by atoms with E-state index in [1.165, 1.54) is 0 Å². The smallest absolute Gasteiger partial charge is 0.262 e. The minimum Gasteiger partial charge on any atom is -0.489 e. The quantitative estimate of drug-likeness (QED) is 0.350. The van der Waals surface area contributed by atoms with E-state index < -0.39 is 0 Å². The minimum atomic E-state index is -0.270. The van der Waals surface area contributed by atoms with Crippen LogP contribution in [0.1, 0.15) is 15.9 Å². The summed E-state index contributed by atoms with van der Waals surface area (Å²) in [7, 11) is 0. The molecule has 0 atom stereocenters. The summed E-state index contributed by atoms with van der Waals surface area (Å²) in [4.78, 5) is 25.1. The molecule has 0 aliphatic rings. The van der Waals surface area contributed by atoms with Gasteiger partial charge in [0, 0.05) is 28.6 Å². The molecule has 0 fully saturated rings. The lowest BCUT2D eigenvalue weighted by Crippen LogP contribution is -2.20. The predicted octanol–water partition coefficient (Wildman–Crippen LogP) is 5.54. The normalized spacial score (nSPS) is 10.2. The highest BCUT2D eigenvalue weighted by atomic mass is 16.5. The van der Waals surface area contributed by atoms with Crippen molar-refractivity contribution in [1.82, 2.24) is 0 Å². The summed E-state index contributed by atoms with van der Waals surface area (Å²) >= 11 is 0. The van der Waals surface area contributed by atoms with Crippen molar-refractivity contribution in [2.45, 2.75) is 6.61 Å². The summed E-state index contributed by atoms with van der Waals surface area (Å²) in [6.07, 6.45) is 0. The lowest BCUT2D eigenvalue weighted by Gasteiger charge is -2.12. The Hall–Kier alpha value is -4.58. The maximum atomic E-state index is 13.0. The minimum absolute atomic E-state index is 0.147. The van der Waals surface area contributed by atoms with Gasteiger partial charge in [-0.15, -0.1) is 0 Å². The fourth-order valence-electron chi connectivity index (χ4n) is 3.27. The maximum absolute atomic E-state index is 13.0. The summed E-state index contributed by atoms with van der Waals surface area (Å²) in [5.41, 5.74) is 2.55. The number of para-hydroxylation sites is 2. The zero-order valence-corrected chi connectivity index (χ0v) is 18.4. The molecule has 2 amide bonds. The largest absolute Gasteiger partial charge is 0.489 e. The SMILES string of the molecule is O=C(COc1cccc(NC(=O)c2ccccc2COc2ccccc2)c1)Nc1ccccc1. The Labute approximate surface area is 198 Å². The van der Waals surface area contributed by atoms with Crippen LogP contribution in [0.4, 0.5) is 11.4 Å². The molecule has 4 aromatic carbocycles. The molecule has 0 bridgehead atoms. The average molecular weight is 453 g/mol. The Morgan fingerprint density at radius 2 is 1.26 bits per heavy atom. The van der Waals surface area contributed by atoms with E-state index in [0.717, 1.165) is 11.3 Å². The Morgan fingerprint density at radius 3 is 2.06 bits per heavy atom. The standard InChI is InChI=1S/C28H24N2O4/c31-27(29-22-11-3-1-4-12-22)20-34-25-16-9-13-23(18-25)30-28(32)26-17-8-7-10-21(26)19-33-24-14-5-2-6-15-24/h1-18H,19-20H2,(H,29,31)(H,30,32). The van der Waals surface area contributed by atoms with Crippen LogP contribution in [0.5, 0.6) is 11.5 Å². The molecule has 170 valence electrons. The molecule has 2 N–H and O–H groups in total. The molecule has 4 rings (SSSR count). The molecule has 6 heteroatoms. The van der Waals surface area contributed by atoms with Crippen molar-refractivity contribution in [3.63, 3.8) is 0 Å². The van der Waals surface area contributed by atoms with Crippen molar-refractivity contribution < 1.29 is 19.1 Å². The summed E-state index contributed by atoms with van der Waals surface area (Å²) < 4.78 is 11.4. The summed E-state index contributed by atoms with van der Waals surface area (Å²) in [5.74, 6) is 0.680. The van der Waals surface area contributed by atoms with E-state index in [1.807, 2.05) is 66.7 Å². The van der Waals surface area contributed by atoms with Crippen molar-refractivity contribution in [3.8, 4) is 11.5 Å². The molecule has 0 saturated carbocycles. The molecule has 0 spiro atoms. The van der Waals surface area contributed by atoms with Crippen LogP contribution in [0.15, 0.2) is 109 Å². The van der Waals surface area contributed by atoms with Gasteiger partial charge in [0.2, 0.25) is 0 Å². The molecule has 4 aromatic rings. The van der Waals surface area contributed by atoms with Crippen molar-refractivity contribution in [3.05, 3.63) is 120 Å². The number of nitrogens with one attached hydrogen (secondary N) is 2. The number of hydrogen-bond donors (Lipinski definition) is 2. The Balaban J connectivity index is 1.35. The van der Waals surface area contributed by atoms with E-state index in [1.54, 1.807) is 42.5 Å². The van der Waals surface area contributed by atoms with Gasteiger partial charge in [-0.25, -0.2) is 0 Å². The van der Waals surface area contributed by atoms with E-state index in [2.05, 4.69) is 10.6 Å². The van der Waals surface area contributed by atoms with E-state index in [4.69, 9.17) is 9.47 Å². The summed E-state index contributed by atoms with van der Waals surface area (Å²) in [5, 5.41) is 5.65. The van der Waals surface area contributed by atoms with Crippen molar-refractivity contribution in [2.24, 2.45) is 0 Å². The lowest BCUT2D eigenvalue weighted by molar-refractivity contribution is -0.118. The molecule has 0 aliphatic carbocycles. The van der Waals surface area contributed by atoms with Crippen LogP contribution >= 0.6 is 0 Å². The number of carbonyl (C=O) groups excluding carboxylic acids is 2. The van der Waals surface area contributed by atoms with Gasteiger partial charge in [-0.3, -0.25) is 9.59 Å². The van der Waals surface area contributed by atoms with E-state index in [0.29, 0.717) is 22.7 Å². The van der Waals surface area contributed by atoms with Gasteiger partial charge in [0.05, 0.1) is 0 Å². The van der Waals surface area contributed by atoms with Crippen molar-refractivity contribution >= 4 is 23.2 Å². The Kier molecular flexibility index (Phi) is 7.54. The maximum Gasteiger partial charge on any atom is 0.262 e. The van der Waals surface area contributed by atoms with E-state index in [-0.39, 0.29) is 25.0 Å². The molecule has 6 nitrogen and oxygen atoms in total. The van der Waals surface area contributed by atoms with Gasteiger partial charge in [0.15, 0.2) is 6.61 Å². The van der Waals surface area contributed by atoms with Gasteiger partial charge in [-0.05, 0) is 42.5 Å². The third-order valence-electron chi connectivity index (χ3n) is 4.92. The van der Waals surface area contributed by atoms with E-state index in [9.17, 15) is 9.59 Å². The van der Waals surface area contributed by atoms with Gasteiger partial charge in [-0.1, -0.05) is 60.7 Å². The topological polar surface area (TPSA) is 76.7 Å². The first-order chi connectivity index (χ1) is 16.7. The van der Waals surface area contributed by atoms with Crippen molar-refractivity contribution in [1.29, 1.82) is 0 Å². The summed E-state index contributed by atoms with van der Waals surface area (Å²) in [6, 6.07) is 32.8. The number of benzene rings is 4. The second kappa shape index (κ2) is 11.3. The Morgan fingerprint density at radius 1 is 0.618 bits per heavy atom. The number of hydrogen-bond acceptors (Lipinski definition) is 4. The number of carbonyl (C=O) groups is 2. The van der Waals surface area contributed by atoms with Crippen LogP contribution < -0.4 is 20.1 Å². The van der Waals surface area contributed by atoms with Gasteiger partial charge < -0.3 is 20.1 Å². The fraction of sp³-hybridized carbons (Fsp3) is 0.0714. The zero-order valence-electron chi connectivity index (χ0n) is 18.4. The molecular weight excluding hydrogens is 428 g/mol. The molecule has 0 saturated heterocycles. The van der Waals surface area contributed by atoms with Crippen LogP contribution in [-0.4, -0.2) is 18.4 Å². The number of rotatable bonds is 9. The molecule has 34 heavy (non-hydrogen) atoms. The summed E-state index contributed by atoms with van der Waals surface area (Å²) in [6.45, 7) is 0.124. The van der Waals surface area contributed by atoms with Gasteiger partial charge in [0.1, 0.15) is 18.1 Å². The highest BCUT2D eigenvalue weighted by Crippen LogP contribution is 2.20. The number of amides is 2. The molecule has 0 aliphatic heterocycles. The van der Waals surface area contributed by atoms with Crippen LogP contribution in [0.3, 0.4) is 0 Å². The Bertz CT molecular complexity index is 1240. The second-order valence-corrected chi connectivity index (χ2v) is 7.44. The number of ether oxygens (including phenoxy) is 2. The molecule has 0 unspecified atom stereocenters. The van der Waals surface area contributed by atoms with Crippen LogP contribution in [0, 0.1) is 0 Å². The third kappa shape index (κ3) is 6.46. The second-order valence-electron chi connectivity index (χ2n) is 7.44. The first-order valence-electron chi connectivity index (χ1n) is 10.8. The molecule has 0 radical (unpaired) electrons. The van der Waals surface area contributed by atoms with Crippen LogP contribution in [-0.2, 0) is 11.4 Å².